The fraction of sp³-hybridized carbons (Fsp3) is 0.750. The zero-order valence-corrected chi connectivity index (χ0v) is 12.1. The summed E-state index contributed by atoms with van der Waals surface area (Å²) in [6.07, 6.45) is 1.26. The Bertz CT molecular complexity index is 428. The molecule has 7 heteroatoms. The van der Waals surface area contributed by atoms with Crippen LogP contribution in [0.25, 0.3) is 0 Å². The molecule has 3 atom stereocenters. The van der Waals surface area contributed by atoms with Crippen molar-refractivity contribution in [1.82, 2.24) is 10.2 Å². The monoisotopic (exact) mass is 286 g/mol. The Morgan fingerprint density at radius 3 is 2.89 bits per heavy atom. The summed E-state index contributed by atoms with van der Waals surface area (Å²) in [5, 5.41) is 2.60. The highest BCUT2D eigenvalue weighted by atomic mass is 32.2. The summed E-state index contributed by atoms with van der Waals surface area (Å²) < 4.78 is 4.56. The molecule has 2 aliphatic heterocycles. The average Bonchev–Trinajstić information content (AvgIpc) is 2.86. The smallest absolute Gasteiger partial charge is 0.328 e. The fourth-order valence-electron chi connectivity index (χ4n) is 2.56. The van der Waals surface area contributed by atoms with E-state index in [1.54, 1.807) is 23.6 Å². The normalized spacial score (nSPS) is 31.0. The molecule has 2 amide bonds. The minimum atomic E-state index is -0.702. The van der Waals surface area contributed by atoms with E-state index in [2.05, 4.69) is 10.1 Å². The molecule has 2 rings (SSSR count). The number of hydrogen-bond acceptors (Lipinski definition) is 5. The molecule has 2 aliphatic rings. The molecule has 0 saturated carbocycles. The number of hydrogen-bond donors (Lipinski definition) is 1. The van der Waals surface area contributed by atoms with Gasteiger partial charge < -0.3 is 15.0 Å². The first-order valence-electron chi connectivity index (χ1n) is 6.23. The molecule has 0 aliphatic carbocycles. The van der Waals surface area contributed by atoms with Gasteiger partial charge in [0.15, 0.2) is 0 Å². The number of nitrogens with one attached hydrogen (secondary N) is 1. The molecule has 1 N–H and O–H groups in total. The van der Waals surface area contributed by atoms with Crippen molar-refractivity contribution >= 4 is 29.5 Å². The van der Waals surface area contributed by atoms with Crippen molar-refractivity contribution in [2.45, 2.75) is 43.6 Å². The third-order valence-corrected chi connectivity index (χ3v) is 5.17. The van der Waals surface area contributed by atoms with Gasteiger partial charge in [-0.25, -0.2) is 4.79 Å². The molecule has 106 valence electrons. The van der Waals surface area contributed by atoms with Crippen LogP contribution in [0, 0.1) is 0 Å². The van der Waals surface area contributed by atoms with Gasteiger partial charge in [0.05, 0.1) is 12.0 Å². The van der Waals surface area contributed by atoms with E-state index in [4.69, 9.17) is 0 Å². The van der Waals surface area contributed by atoms with E-state index in [1.165, 1.54) is 7.11 Å². The number of nitrogens with zero attached hydrogens (tertiary/aromatic N) is 1. The number of rotatable bonds is 3. The molecule has 0 bridgehead atoms. The Balaban J connectivity index is 2.04. The van der Waals surface area contributed by atoms with Crippen LogP contribution >= 0.6 is 11.8 Å². The molecule has 2 heterocycles. The molecule has 0 spiro atoms. The Kier molecular flexibility index (Phi) is 3.75. The van der Waals surface area contributed by atoms with Crippen molar-refractivity contribution in [3.05, 3.63) is 0 Å². The lowest BCUT2D eigenvalue weighted by Crippen LogP contribution is -2.53. The van der Waals surface area contributed by atoms with Crippen molar-refractivity contribution in [3.8, 4) is 0 Å². The van der Waals surface area contributed by atoms with Gasteiger partial charge in [-0.15, -0.1) is 11.8 Å². The predicted molar refractivity (Wildman–Crippen MR) is 70.4 cm³/mol. The lowest BCUT2D eigenvalue weighted by Gasteiger charge is -2.30. The molecule has 2 fully saturated rings. The highest BCUT2D eigenvalue weighted by Crippen LogP contribution is 2.47. The number of fused-ring (bicyclic) bond motifs is 1. The number of esters is 1. The Labute approximate surface area is 116 Å². The highest BCUT2D eigenvalue weighted by molar-refractivity contribution is 8.01. The third-order valence-electron chi connectivity index (χ3n) is 3.66. The summed E-state index contributed by atoms with van der Waals surface area (Å²) in [4.78, 5) is 36.8. The summed E-state index contributed by atoms with van der Waals surface area (Å²) in [6, 6.07) is -1.19. The van der Waals surface area contributed by atoms with Gasteiger partial charge in [0.2, 0.25) is 11.8 Å². The van der Waals surface area contributed by atoms with Crippen LogP contribution in [-0.2, 0) is 19.1 Å². The Hall–Kier alpha value is -1.24. The molecule has 0 aromatic rings. The zero-order chi connectivity index (χ0) is 14.2. The van der Waals surface area contributed by atoms with Gasteiger partial charge in [-0.3, -0.25) is 9.59 Å². The van der Waals surface area contributed by atoms with E-state index in [-0.39, 0.29) is 16.7 Å². The molecular formula is C12H18N2O4S. The largest absolute Gasteiger partial charge is 0.467 e. The van der Waals surface area contributed by atoms with E-state index in [0.717, 1.165) is 6.42 Å². The summed E-state index contributed by atoms with van der Waals surface area (Å²) in [5.74, 6) is -0.195. The van der Waals surface area contributed by atoms with Crippen molar-refractivity contribution in [2.24, 2.45) is 0 Å². The lowest BCUT2D eigenvalue weighted by molar-refractivity contribution is -0.145. The SMILES string of the molecule is COC(=O)[C@H](C)NC(=O)C1CSC2(C)CCC(=O)N12. The first-order chi connectivity index (χ1) is 8.89. The average molecular weight is 286 g/mol. The second-order valence-electron chi connectivity index (χ2n) is 5.02. The molecule has 2 saturated heterocycles. The van der Waals surface area contributed by atoms with Crippen LogP contribution in [0.4, 0.5) is 0 Å². The van der Waals surface area contributed by atoms with Crippen LogP contribution in [0.1, 0.15) is 26.7 Å². The van der Waals surface area contributed by atoms with Gasteiger partial charge in [0.25, 0.3) is 0 Å². The van der Waals surface area contributed by atoms with E-state index in [0.29, 0.717) is 12.2 Å². The van der Waals surface area contributed by atoms with Crippen LogP contribution in [0.15, 0.2) is 0 Å². The summed E-state index contributed by atoms with van der Waals surface area (Å²) in [7, 11) is 1.28. The van der Waals surface area contributed by atoms with Gasteiger partial charge in [-0.1, -0.05) is 0 Å². The quantitative estimate of drug-likeness (QED) is 0.746. The first-order valence-corrected chi connectivity index (χ1v) is 7.22. The Morgan fingerprint density at radius 2 is 2.26 bits per heavy atom. The summed E-state index contributed by atoms with van der Waals surface area (Å²) in [6.45, 7) is 3.55. The maximum absolute atomic E-state index is 12.2. The first kappa shape index (κ1) is 14.2. The molecule has 2 unspecified atom stereocenters. The van der Waals surface area contributed by atoms with Crippen molar-refractivity contribution < 1.29 is 19.1 Å². The predicted octanol–water partition coefficient (Wildman–Crippen LogP) is 0.118. The van der Waals surface area contributed by atoms with Crippen LogP contribution in [0.5, 0.6) is 0 Å². The van der Waals surface area contributed by atoms with E-state index in [9.17, 15) is 14.4 Å². The number of ether oxygens (including phenoxy) is 1. The van der Waals surface area contributed by atoms with Crippen LogP contribution < -0.4 is 5.32 Å². The van der Waals surface area contributed by atoms with Gasteiger partial charge in [-0.05, 0) is 20.3 Å². The standard InChI is InChI=1S/C12H18N2O4S/c1-7(11(17)18-3)13-10(16)8-6-19-12(2)5-4-9(15)14(8)12/h7-8H,4-6H2,1-3H3,(H,13,16)/t7-,8?,12?/m0/s1. The lowest BCUT2D eigenvalue weighted by atomic mass is 10.2. The molecule has 0 aromatic heterocycles. The second kappa shape index (κ2) is 5.03. The maximum atomic E-state index is 12.2. The minimum absolute atomic E-state index is 0.0124. The van der Waals surface area contributed by atoms with Gasteiger partial charge >= 0.3 is 5.97 Å². The van der Waals surface area contributed by atoms with E-state index < -0.39 is 18.1 Å². The molecule has 0 radical (unpaired) electrons. The fourth-order valence-corrected chi connectivity index (χ4v) is 3.99. The van der Waals surface area contributed by atoms with Crippen molar-refractivity contribution in [1.29, 1.82) is 0 Å². The zero-order valence-electron chi connectivity index (χ0n) is 11.3. The van der Waals surface area contributed by atoms with E-state index >= 15 is 0 Å². The Morgan fingerprint density at radius 1 is 1.58 bits per heavy atom. The summed E-state index contributed by atoms with van der Waals surface area (Å²) >= 11 is 1.62. The van der Waals surface area contributed by atoms with Crippen molar-refractivity contribution in [2.75, 3.05) is 12.9 Å². The van der Waals surface area contributed by atoms with Crippen LogP contribution in [-0.4, -0.2) is 52.5 Å². The third kappa shape index (κ3) is 2.43. The molecule has 19 heavy (non-hydrogen) atoms. The molecule has 0 aromatic carbocycles. The van der Waals surface area contributed by atoms with E-state index in [1.807, 2.05) is 6.92 Å². The minimum Gasteiger partial charge on any atom is -0.467 e. The summed E-state index contributed by atoms with van der Waals surface area (Å²) in [5.41, 5.74) is 0. The number of amides is 2. The number of carbonyl (C=O) groups is 3. The molecular weight excluding hydrogens is 268 g/mol. The topological polar surface area (TPSA) is 75.7 Å². The number of thioether (sulfide) groups is 1. The van der Waals surface area contributed by atoms with Crippen LogP contribution in [0.2, 0.25) is 0 Å². The highest BCUT2D eigenvalue weighted by Gasteiger charge is 2.53. The van der Waals surface area contributed by atoms with Gasteiger partial charge in [0, 0.05) is 12.2 Å². The number of methoxy groups -OCH3 is 1. The van der Waals surface area contributed by atoms with Crippen LogP contribution in [0.3, 0.4) is 0 Å². The molecule has 6 nitrogen and oxygen atoms in total. The second-order valence-corrected chi connectivity index (χ2v) is 6.52. The van der Waals surface area contributed by atoms with Gasteiger partial charge in [-0.2, -0.15) is 0 Å². The number of carbonyl (C=O) groups excluding carboxylic acids is 3. The maximum Gasteiger partial charge on any atom is 0.328 e. The van der Waals surface area contributed by atoms with Gasteiger partial charge in [0.1, 0.15) is 12.1 Å². The van der Waals surface area contributed by atoms with Crippen molar-refractivity contribution in [3.63, 3.8) is 0 Å².